The van der Waals surface area contributed by atoms with Crippen molar-refractivity contribution >= 4 is 21.9 Å². The number of phenols is 8. The van der Waals surface area contributed by atoms with Crippen LogP contribution < -0.4 is 10.9 Å². The molecule has 0 aliphatic heterocycles. The highest BCUT2D eigenvalue weighted by atomic mass is 16.4. The summed E-state index contributed by atoms with van der Waals surface area (Å²) in [6.45, 7) is 0. The predicted molar refractivity (Wildman–Crippen MR) is 152 cm³/mol. The Morgan fingerprint density at radius 2 is 1.05 bits per heavy atom. The molecular formula is C30H20O14. The molecule has 6 rings (SSSR count). The lowest BCUT2D eigenvalue weighted by molar-refractivity contribution is 0.345. The molecule has 44 heavy (non-hydrogen) atoms. The van der Waals surface area contributed by atoms with Crippen LogP contribution >= 0.6 is 0 Å². The van der Waals surface area contributed by atoms with E-state index < -0.39 is 67.8 Å². The lowest BCUT2D eigenvalue weighted by atomic mass is 10.1. The Kier molecular flexibility index (Phi) is 6.95. The molecule has 2 aromatic heterocycles. The minimum absolute atomic E-state index is 0.134. The molecule has 0 saturated heterocycles. The third kappa shape index (κ3) is 4.67. The number of hydrogen-bond donors (Lipinski definition) is 10. The molecule has 0 fully saturated rings. The van der Waals surface area contributed by atoms with Crippen LogP contribution in [-0.2, 0) is 0 Å². The topological polar surface area (TPSA) is 263 Å². The Labute approximate surface area is 243 Å². The van der Waals surface area contributed by atoms with E-state index in [1.807, 2.05) is 0 Å². The predicted octanol–water partition coefficient (Wildman–Crippen LogP) is 3.98. The lowest BCUT2D eigenvalue weighted by Crippen LogP contribution is -2.03. The number of phenolic OH excluding ortho intramolecular Hbond substituents is 8. The van der Waals surface area contributed by atoms with Gasteiger partial charge in [0.2, 0.25) is 39.6 Å². The van der Waals surface area contributed by atoms with Crippen molar-refractivity contribution in [1.82, 2.24) is 0 Å². The fraction of sp³-hybridized carbons (Fsp3) is 0. The van der Waals surface area contributed by atoms with Gasteiger partial charge in [0.05, 0.1) is 0 Å². The molecule has 0 saturated carbocycles. The van der Waals surface area contributed by atoms with Crippen molar-refractivity contribution < 1.29 is 59.9 Å². The van der Waals surface area contributed by atoms with Crippen LogP contribution in [-0.4, -0.2) is 51.1 Å². The molecule has 0 bridgehead atoms. The fourth-order valence-electron chi connectivity index (χ4n) is 4.28. The Bertz CT molecular complexity index is 2220. The standard InChI is InChI=1S/2C15H10O7/c16-7-4-10(19)12-11(5-7)22-15(14(21)13(12)20)6-1-2-8(17)9(18)3-6;16-8-7-9(17)12(20)14(6-4-2-1-3-5-6)22-15(7)13(21)11(19)10(8)18/h1-5,16-19,21H;1-5,16,18-21H. The Hall–Kier alpha value is -6.70. The molecule has 14 nitrogen and oxygen atoms in total. The smallest absolute Gasteiger partial charge is 0.239 e. The second kappa shape index (κ2) is 10.6. The van der Waals surface area contributed by atoms with Crippen LogP contribution in [0.1, 0.15) is 0 Å². The maximum absolute atomic E-state index is 12.2. The molecule has 14 heteroatoms. The molecule has 0 atom stereocenters. The lowest BCUT2D eigenvalue weighted by Gasteiger charge is -2.10. The quantitative estimate of drug-likeness (QED) is 0.0990. The monoisotopic (exact) mass is 604 g/mol. The fourth-order valence-corrected chi connectivity index (χ4v) is 4.28. The minimum Gasteiger partial charge on any atom is -0.508 e. The Morgan fingerprint density at radius 3 is 1.68 bits per heavy atom. The van der Waals surface area contributed by atoms with Gasteiger partial charge < -0.3 is 59.9 Å². The van der Waals surface area contributed by atoms with Crippen LogP contribution in [0, 0.1) is 0 Å². The van der Waals surface area contributed by atoms with Crippen molar-refractivity contribution in [3.63, 3.8) is 0 Å². The summed E-state index contributed by atoms with van der Waals surface area (Å²) in [7, 11) is 0. The summed E-state index contributed by atoms with van der Waals surface area (Å²) >= 11 is 0. The van der Waals surface area contributed by atoms with Gasteiger partial charge >= 0.3 is 0 Å². The van der Waals surface area contributed by atoms with E-state index in [-0.39, 0.29) is 39.6 Å². The summed E-state index contributed by atoms with van der Waals surface area (Å²) in [4.78, 5) is 24.3. The number of fused-ring (bicyclic) bond motifs is 2. The highest BCUT2D eigenvalue weighted by Gasteiger charge is 2.26. The summed E-state index contributed by atoms with van der Waals surface area (Å²) in [5.41, 5.74) is -2.14. The van der Waals surface area contributed by atoms with E-state index in [0.29, 0.717) is 5.56 Å². The second-order valence-electron chi connectivity index (χ2n) is 9.22. The van der Waals surface area contributed by atoms with E-state index in [1.54, 1.807) is 30.3 Å². The van der Waals surface area contributed by atoms with Crippen LogP contribution in [0.4, 0.5) is 0 Å². The molecule has 4 aromatic carbocycles. The van der Waals surface area contributed by atoms with E-state index in [0.717, 1.165) is 24.3 Å². The van der Waals surface area contributed by atoms with E-state index in [2.05, 4.69) is 0 Å². The van der Waals surface area contributed by atoms with Gasteiger partial charge in [0.15, 0.2) is 34.4 Å². The number of benzene rings is 4. The largest absolute Gasteiger partial charge is 0.508 e. The molecule has 0 aliphatic rings. The van der Waals surface area contributed by atoms with Gasteiger partial charge in [0, 0.05) is 23.3 Å². The van der Waals surface area contributed by atoms with Gasteiger partial charge in [0.1, 0.15) is 27.9 Å². The molecule has 10 N–H and O–H groups in total. The van der Waals surface area contributed by atoms with Crippen LogP contribution in [0.3, 0.4) is 0 Å². The van der Waals surface area contributed by atoms with Crippen molar-refractivity contribution in [2.24, 2.45) is 0 Å². The van der Waals surface area contributed by atoms with Gasteiger partial charge in [-0.1, -0.05) is 30.3 Å². The van der Waals surface area contributed by atoms with E-state index in [1.165, 1.54) is 6.07 Å². The zero-order chi connectivity index (χ0) is 32.0. The molecule has 6 aromatic rings. The maximum Gasteiger partial charge on any atom is 0.239 e. The van der Waals surface area contributed by atoms with E-state index in [4.69, 9.17) is 8.83 Å². The van der Waals surface area contributed by atoms with Gasteiger partial charge in [0.25, 0.3) is 0 Å². The maximum atomic E-state index is 12.2. The van der Waals surface area contributed by atoms with E-state index in [9.17, 15) is 60.7 Å². The molecule has 224 valence electrons. The first kappa shape index (κ1) is 28.8. The molecule has 0 radical (unpaired) electrons. The van der Waals surface area contributed by atoms with Crippen LogP contribution in [0.5, 0.6) is 57.5 Å². The molecule has 0 aliphatic carbocycles. The first-order chi connectivity index (χ1) is 20.8. The second-order valence-corrected chi connectivity index (χ2v) is 9.22. The van der Waals surface area contributed by atoms with Crippen LogP contribution in [0.2, 0.25) is 0 Å². The first-order valence-electron chi connectivity index (χ1n) is 12.3. The molecule has 0 unspecified atom stereocenters. The van der Waals surface area contributed by atoms with Gasteiger partial charge in [-0.3, -0.25) is 9.59 Å². The average molecular weight is 604 g/mol. The number of aromatic hydroxyl groups is 10. The van der Waals surface area contributed by atoms with Gasteiger partial charge in [-0.15, -0.1) is 0 Å². The highest BCUT2D eigenvalue weighted by Crippen LogP contribution is 2.49. The normalized spacial score (nSPS) is 10.9. The van der Waals surface area contributed by atoms with Crippen molar-refractivity contribution in [3.05, 3.63) is 81.1 Å². The third-order valence-electron chi connectivity index (χ3n) is 6.42. The number of rotatable bonds is 2. The van der Waals surface area contributed by atoms with Crippen LogP contribution in [0.15, 0.2) is 79.1 Å². The molecular weight excluding hydrogens is 584 g/mol. The Balaban J connectivity index is 0.000000175. The van der Waals surface area contributed by atoms with Crippen molar-refractivity contribution in [3.8, 4) is 80.1 Å². The summed E-state index contributed by atoms with van der Waals surface area (Å²) < 4.78 is 10.6. The zero-order valence-corrected chi connectivity index (χ0v) is 21.9. The Morgan fingerprint density at radius 1 is 0.455 bits per heavy atom. The van der Waals surface area contributed by atoms with Crippen molar-refractivity contribution in [2.75, 3.05) is 0 Å². The zero-order valence-electron chi connectivity index (χ0n) is 21.9. The minimum atomic E-state index is -1.08. The highest BCUT2D eigenvalue weighted by molar-refractivity contribution is 5.95. The summed E-state index contributed by atoms with van der Waals surface area (Å²) in [5.74, 6) is -7.76. The average Bonchev–Trinajstić information content (AvgIpc) is 3.00. The molecule has 0 spiro atoms. The number of hydrogen-bond acceptors (Lipinski definition) is 14. The van der Waals surface area contributed by atoms with Gasteiger partial charge in [-0.2, -0.15) is 0 Å². The van der Waals surface area contributed by atoms with Gasteiger partial charge in [-0.05, 0) is 18.2 Å². The van der Waals surface area contributed by atoms with Crippen LogP contribution in [0.25, 0.3) is 44.6 Å². The summed E-state index contributed by atoms with van der Waals surface area (Å²) in [6.07, 6.45) is 0. The first-order valence-corrected chi connectivity index (χ1v) is 12.3. The third-order valence-corrected chi connectivity index (χ3v) is 6.42. The SMILES string of the molecule is O=c1c(O)c(-c2ccc(O)c(O)c2)oc2cc(O)cc(O)c12.O=c1c(O)c(-c2ccccc2)oc2c(O)c(O)c(O)c(O)c12. The summed E-state index contributed by atoms with van der Waals surface area (Å²) in [5, 5.41) is 95.5. The van der Waals surface area contributed by atoms with Gasteiger partial charge in [-0.25, -0.2) is 0 Å². The van der Waals surface area contributed by atoms with E-state index >= 15 is 0 Å². The van der Waals surface area contributed by atoms with Crippen molar-refractivity contribution in [2.45, 2.75) is 0 Å². The van der Waals surface area contributed by atoms with Crippen molar-refractivity contribution in [1.29, 1.82) is 0 Å². The molecule has 0 amide bonds. The summed E-state index contributed by atoms with van der Waals surface area (Å²) in [6, 6.07) is 13.8. The molecule has 2 heterocycles.